The van der Waals surface area contributed by atoms with E-state index in [1.165, 1.54) is 12.8 Å². The van der Waals surface area contributed by atoms with Gasteiger partial charge in [-0.05, 0) is 6.42 Å². The molecule has 0 atom stereocenters. The van der Waals surface area contributed by atoms with E-state index in [1.807, 2.05) is 0 Å². The Morgan fingerprint density at radius 1 is 1.27 bits per heavy atom. The van der Waals surface area contributed by atoms with Crippen molar-refractivity contribution in [1.29, 1.82) is 0 Å². The van der Waals surface area contributed by atoms with Crippen LogP contribution in [-0.2, 0) is 9.53 Å². The Labute approximate surface area is 93.6 Å². The lowest BCUT2D eigenvalue weighted by molar-refractivity contribution is -0.143. The van der Waals surface area contributed by atoms with Crippen molar-refractivity contribution in [1.82, 2.24) is 5.32 Å². The molecule has 0 unspecified atom stereocenters. The molecule has 0 bridgehead atoms. The molecule has 1 N–H and O–H groups in total. The van der Waals surface area contributed by atoms with Gasteiger partial charge >= 0.3 is 5.97 Å². The maximum atomic E-state index is 11.2. The van der Waals surface area contributed by atoms with Gasteiger partial charge in [0.2, 0.25) is 0 Å². The van der Waals surface area contributed by atoms with Gasteiger partial charge in [-0.25, -0.2) is 0 Å². The number of rotatable bonds is 9. The van der Waals surface area contributed by atoms with Crippen LogP contribution in [0.15, 0.2) is 0 Å². The highest BCUT2D eigenvalue weighted by Crippen LogP contribution is 1.99. The SMILES string of the molecule is CCCCCCOC(=O)CCNC(C)C. The number of hydrogen-bond acceptors (Lipinski definition) is 3. The van der Waals surface area contributed by atoms with E-state index in [0.29, 0.717) is 25.6 Å². The van der Waals surface area contributed by atoms with Crippen molar-refractivity contribution in [3.05, 3.63) is 0 Å². The zero-order valence-corrected chi connectivity index (χ0v) is 10.3. The van der Waals surface area contributed by atoms with Crippen molar-refractivity contribution in [3.8, 4) is 0 Å². The van der Waals surface area contributed by atoms with Crippen LogP contribution in [0.4, 0.5) is 0 Å². The Kier molecular flexibility index (Phi) is 9.59. The molecule has 0 radical (unpaired) electrons. The van der Waals surface area contributed by atoms with E-state index in [1.54, 1.807) is 0 Å². The second kappa shape index (κ2) is 9.97. The monoisotopic (exact) mass is 215 g/mol. The summed E-state index contributed by atoms with van der Waals surface area (Å²) in [6, 6.07) is 0.433. The summed E-state index contributed by atoms with van der Waals surface area (Å²) in [5.74, 6) is -0.0837. The van der Waals surface area contributed by atoms with Gasteiger partial charge in [0.1, 0.15) is 0 Å². The van der Waals surface area contributed by atoms with Gasteiger partial charge in [-0.1, -0.05) is 40.0 Å². The predicted octanol–water partition coefficient (Wildman–Crippen LogP) is 2.50. The average Bonchev–Trinajstić information content (AvgIpc) is 2.17. The van der Waals surface area contributed by atoms with Crippen LogP contribution in [0.5, 0.6) is 0 Å². The third-order valence-electron chi connectivity index (χ3n) is 2.14. The first-order chi connectivity index (χ1) is 7.16. The van der Waals surface area contributed by atoms with Gasteiger partial charge < -0.3 is 10.1 Å². The molecule has 0 amide bonds. The summed E-state index contributed by atoms with van der Waals surface area (Å²) in [5.41, 5.74) is 0. The molecule has 3 nitrogen and oxygen atoms in total. The molecule has 0 fully saturated rings. The number of carbonyl (C=O) groups excluding carboxylic acids is 1. The van der Waals surface area contributed by atoms with Crippen molar-refractivity contribution in [2.45, 2.75) is 58.9 Å². The third-order valence-corrected chi connectivity index (χ3v) is 2.14. The minimum atomic E-state index is -0.0837. The van der Waals surface area contributed by atoms with Gasteiger partial charge in [-0.15, -0.1) is 0 Å². The van der Waals surface area contributed by atoms with E-state index in [9.17, 15) is 4.79 Å². The third kappa shape index (κ3) is 11.4. The summed E-state index contributed by atoms with van der Waals surface area (Å²) in [7, 11) is 0. The quantitative estimate of drug-likeness (QED) is 0.474. The van der Waals surface area contributed by atoms with E-state index in [-0.39, 0.29) is 5.97 Å². The van der Waals surface area contributed by atoms with Crippen molar-refractivity contribution in [3.63, 3.8) is 0 Å². The van der Waals surface area contributed by atoms with E-state index in [0.717, 1.165) is 12.8 Å². The highest BCUT2D eigenvalue weighted by molar-refractivity contribution is 5.69. The first-order valence-electron chi connectivity index (χ1n) is 6.05. The van der Waals surface area contributed by atoms with Crippen molar-refractivity contribution >= 4 is 5.97 Å². The molecule has 3 heteroatoms. The predicted molar refractivity (Wildman–Crippen MR) is 62.9 cm³/mol. The van der Waals surface area contributed by atoms with Crippen molar-refractivity contribution < 1.29 is 9.53 Å². The van der Waals surface area contributed by atoms with Crippen LogP contribution in [0.25, 0.3) is 0 Å². The van der Waals surface area contributed by atoms with Crippen LogP contribution in [0.1, 0.15) is 52.9 Å². The summed E-state index contributed by atoms with van der Waals surface area (Å²) >= 11 is 0. The smallest absolute Gasteiger partial charge is 0.307 e. The first-order valence-corrected chi connectivity index (χ1v) is 6.05. The number of carbonyl (C=O) groups is 1. The van der Waals surface area contributed by atoms with Gasteiger partial charge in [-0.3, -0.25) is 4.79 Å². The fourth-order valence-electron chi connectivity index (χ4n) is 1.25. The number of ether oxygens (including phenoxy) is 1. The molecule has 0 heterocycles. The van der Waals surface area contributed by atoms with Crippen LogP contribution in [0.3, 0.4) is 0 Å². The number of hydrogen-bond donors (Lipinski definition) is 1. The Balaban J connectivity index is 3.19. The highest BCUT2D eigenvalue weighted by Gasteiger charge is 2.02. The van der Waals surface area contributed by atoms with Gasteiger partial charge in [-0.2, -0.15) is 0 Å². The van der Waals surface area contributed by atoms with E-state index in [2.05, 4.69) is 26.1 Å². The van der Waals surface area contributed by atoms with E-state index >= 15 is 0 Å². The molecule has 0 aliphatic heterocycles. The minimum Gasteiger partial charge on any atom is -0.466 e. The maximum Gasteiger partial charge on any atom is 0.307 e. The summed E-state index contributed by atoms with van der Waals surface area (Å²) < 4.78 is 5.09. The van der Waals surface area contributed by atoms with Crippen LogP contribution in [-0.4, -0.2) is 25.2 Å². The Bertz CT molecular complexity index is 158. The molecule has 0 aromatic rings. The first kappa shape index (κ1) is 14.4. The molecule has 0 saturated heterocycles. The lowest BCUT2D eigenvalue weighted by Crippen LogP contribution is -2.26. The highest BCUT2D eigenvalue weighted by atomic mass is 16.5. The summed E-state index contributed by atoms with van der Waals surface area (Å²) in [5, 5.41) is 3.19. The van der Waals surface area contributed by atoms with Crippen LogP contribution in [0, 0.1) is 0 Å². The Hall–Kier alpha value is -0.570. The van der Waals surface area contributed by atoms with Crippen molar-refractivity contribution in [2.24, 2.45) is 0 Å². The molecule has 15 heavy (non-hydrogen) atoms. The van der Waals surface area contributed by atoms with Gasteiger partial charge in [0.15, 0.2) is 0 Å². The molecular formula is C12H25NO2. The molecule has 0 aliphatic carbocycles. The Morgan fingerprint density at radius 3 is 2.60 bits per heavy atom. The molecule has 0 aromatic heterocycles. The minimum absolute atomic E-state index is 0.0837. The number of nitrogens with one attached hydrogen (secondary N) is 1. The average molecular weight is 215 g/mol. The summed E-state index contributed by atoms with van der Waals surface area (Å²) in [6.45, 7) is 7.60. The van der Waals surface area contributed by atoms with E-state index < -0.39 is 0 Å². The molecular weight excluding hydrogens is 190 g/mol. The second-order valence-electron chi connectivity index (χ2n) is 4.14. The topological polar surface area (TPSA) is 38.3 Å². The second-order valence-corrected chi connectivity index (χ2v) is 4.14. The fourth-order valence-corrected chi connectivity index (χ4v) is 1.25. The molecule has 0 saturated carbocycles. The summed E-state index contributed by atoms with van der Waals surface area (Å²) in [6.07, 6.45) is 5.08. The lowest BCUT2D eigenvalue weighted by atomic mass is 10.2. The largest absolute Gasteiger partial charge is 0.466 e. The molecule has 0 aliphatic rings. The molecule has 0 rings (SSSR count). The number of esters is 1. The molecule has 90 valence electrons. The van der Waals surface area contributed by atoms with Gasteiger partial charge in [0, 0.05) is 12.6 Å². The van der Waals surface area contributed by atoms with Crippen molar-refractivity contribution in [2.75, 3.05) is 13.2 Å². The number of unbranched alkanes of at least 4 members (excludes halogenated alkanes) is 3. The summed E-state index contributed by atoms with van der Waals surface area (Å²) in [4.78, 5) is 11.2. The molecule has 0 aromatic carbocycles. The fraction of sp³-hybridized carbons (Fsp3) is 0.917. The van der Waals surface area contributed by atoms with Crippen LogP contribution in [0.2, 0.25) is 0 Å². The molecule has 0 spiro atoms. The van der Waals surface area contributed by atoms with E-state index in [4.69, 9.17) is 4.74 Å². The zero-order valence-electron chi connectivity index (χ0n) is 10.3. The van der Waals surface area contributed by atoms with Gasteiger partial charge in [0.05, 0.1) is 13.0 Å². The maximum absolute atomic E-state index is 11.2. The van der Waals surface area contributed by atoms with Gasteiger partial charge in [0.25, 0.3) is 0 Å². The Morgan fingerprint density at radius 2 is 2.00 bits per heavy atom. The standard InChI is InChI=1S/C12H25NO2/c1-4-5-6-7-10-15-12(14)8-9-13-11(2)3/h11,13H,4-10H2,1-3H3. The lowest BCUT2D eigenvalue weighted by Gasteiger charge is -2.07. The zero-order chi connectivity index (χ0) is 11.5. The van der Waals surface area contributed by atoms with Crippen LogP contribution >= 0.6 is 0 Å². The van der Waals surface area contributed by atoms with Crippen LogP contribution < -0.4 is 5.32 Å². The normalized spacial score (nSPS) is 10.7.